The molecule has 0 saturated heterocycles. The first-order valence-electron chi connectivity index (χ1n) is 9.71. The normalized spacial score (nSPS) is 14.5. The summed E-state index contributed by atoms with van der Waals surface area (Å²) in [5, 5.41) is 12.4. The molecule has 5 N–H and O–H groups in total. The smallest absolute Gasteiger partial charge is 0.238 e. The fourth-order valence-electron chi connectivity index (χ4n) is 3.88. The van der Waals surface area contributed by atoms with E-state index in [1.165, 1.54) is 24.3 Å². The predicted octanol–water partition coefficient (Wildman–Crippen LogP) is 1.84. The summed E-state index contributed by atoms with van der Waals surface area (Å²) in [7, 11) is -3.78. The first kappa shape index (κ1) is 21.2. The quantitative estimate of drug-likeness (QED) is 0.534. The van der Waals surface area contributed by atoms with Gasteiger partial charge in [0.2, 0.25) is 15.9 Å². The zero-order chi connectivity index (χ0) is 22.2. The monoisotopic (exact) mass is 443 g/mol. The van der Waals surface area contributed by atoms with Crippen molar-refractivity contribution in [2.75, 3.05) is 6.54 Å². The number of sulfonamides is 1. The highest BCUT2D eigenvalue weighted by molar-refractivity contribution is 7.89. The summed E-state index contributed by atoms with van der Waals surface area (Å²) in [6.07, 6.45) is 0.410. The molecule has 0 fully saturated rings. The number of benzene rings is 2. The molecule has 0 radical (unpaired) electrons. The molecule has 0 spiro atoms. The van der Waals surface area contributed by atoms with Crippen molar-refractivity contribution >= 4 is 15.9 Å². The van der Waals surface area contributed by atoms with Gasteiger partial charge in [-0.05, 0) is 42.8 Å². The number of nitrogens with zero attached hydrogens (tertiary/aromatic N) is 2. The molecule has 1 atom stereocenters. The van der Waals surface area contributed by atoms with Gasteiger partial charge in [-0.2, -0.15) is 5.10 Å². The van der Waals surface area contributed by atoms with Crippen LogP contribution in [0.1, 0.15) is 29.2 Å². The lowest BCUT2D eigenvalue weighted by Gasteiger charge is -2.23. The molecule has 0 saturated carbocycles. The van der Waals surface area contributed by atoms with Crippen LogP contribution in [0.2, 0.25) is 0 Å². The third kappa shape index (κ3) is 4.22. The Morgan fingerprint density at radius 2 is 1.94 bits per heavy atom. The Labute approximate surface area is 179 Å². The summed E-state index contributed by atoms with van der Waals surface area (Å²) in [6.45, 7) is 0.995. The van der Waals surface area contributed by atoms with Crippen molar-refractivity contribution in [3.63, 3.8) is 0 Å². The van der Waals surface area contributed by atoms with Crippen molar-refractivity contribution in [2.45, 2.75) is 30.3 Å². The maximum Gasteiger partial charge on any atom is 0.238 e. The number of hydrogen-bond donors (Lipinski definition) is 3. The summed E-state index contributed by atoms with van der Waals surface area (Å²) in [5.74, 6) is -1.06. The van der Waals surface area contributed by atoms with E-state index >= 15 is 0 Å². The maximum absolute atomic E-state index is 13.7. The predicted molar refractivity (Wildman–Crippen MR) is 112 cm³/mol. The van der Waals surface area contributed by atoms with Crippen molar-refractivity contribution in [2.24, 2.45) is 10.9 Å². The average Bonchev–Trinajstić information content (AvgIpc) is 3.32. The van der Waals surface area contributed by atoms with E-state index in [1.807, 2.05) is 0 Å². The Bertz CT molecular complexity index is 1220. The van der Waals surface area contributed by atoms with Crippen LogP contribution in [-0.2, 0) is 27.9 Å². The van der Waals surface area contributed by atoms with Crippen LogP contribution in [0.5, 0.6) is 0 Å². The molecular formula is C21H22FN5O3S. The van der Waals surface area contributed by atoms with Gasteiger partial charge >= 0.3 is 0 Å². The minimum Gasteiger partial charge on any atom is -0.332 e. The maximum atomic E-state index is 13.7. The summed E-state index contributed by atoms with van der Waals surface area (Å²) in [5.41, 5.74) is 9.35. The van der Waals surface area contributed by atoms with Crippen LogP contribution in [-0.4, -0.2) is 36.0 Å². The van der Waals surface area contributed by atoms with E-state index in [-0.39, 0.29) is 10.8 Å². The average molecular weight is 444 g/mol. The zero-order valence-electron chi connectivity index (χ0n) is 16.6. The van der Waals surface area contributed by atoms with Gasteiger partial charge in [0, 0.05) is 11.1 Å². The third-order valence-electron chi connectivity index (χ3n) is 5.42. The minimum absolute atomic E-state index is 0.0138. The van der Waals surface area contributed by atoms with Crippen LogP contribution in [0.3, 0.4) is 0 Å². The Hall–Kier alpha value is -3.08. The van der Waals surface area contributed by atoms with Crippen LogP contribution < -0.4 is 10.9 Å². The van der Waals surface area contributed by atoms with Gasteiger partial charge in [-0.1, -0.05) is 24.3 Å². The van der Waals surface area contributed by atoms with Gasteiger partial charge in [-0.3, -0.25) is 9.89 Å². The third-order valence-corrected chi connectivity index (χ3v) is 6.35. The lowest BCUT2D eigenvalue weighted by Crippen LogP contribution is -2.32. The summed E-state index contributed by atoms with van der Waals surface area (Å²) >= 11 is 0. The van der Waals surface area contributed by atoms with Gasteiger partial charge in [0.15, 0.2) is 0 Å². The SMILES string of the molecule is NCCC(C(=O)N1Cc2[nH]nc(-c3ccc(S(N)(=O)=O)cc3)c2C1)c1cccc(F)c1. The highest BCUT2D eigenvalue weighted by Gasteiger charge is 2.33. The number of halogens is 1. The van der Waals surface area contributed by atoms with Crippen LogP contribution in [0.15, 0.2) is 53.4 Å². The lowest BCUT2D eigenvalue weighted by atomic mass is 9.94. The molecule has 162 valence electrons. The van der Waals surface area contributed by atoms with Crippen molar-refractivity contribution in [1.82, 2.24) is 15.1 Å². The number of hydrogen-bond acceptors (Lipinski definition) is 5. The highest BCUT2D eigenvalue weighted by Crippen LogP contribution is 2.33. The lowest BCUT2D eigenvalue weighted by molar-refractivity contribution is -0.133. The number of primary sulfonamides is 1. The van der Waals surface area contributed by atoms with Crippen LogP contribution in [0, 0.1) is 5.82 Å². The number of rotatable bonds is 6. The van der Waals surface area contributed by atoms with Crippen molar-refractivity contribution in [1.29, 1.82) is 0 Å². The van der Waals surface area contributed by atoms with E-state index < -0.39 is 21.8 Å². The first-order valence-corrected chi connectivity index (χ1v) is 11.3. The number of aromatic nitrogens is 2. The molecule has 1 unspecified atom stereocenters. The second-order valence-electron chi connectivity index (χ2n) is 7.48. The van der Waals surface area contributed by atoms with Crippen molar-refractivity contribution < 1.29 is 17.6 Å². The van der Waals surface area contributed by atoms with Crippen LogP contribution in [0.4, 0.5) is 4.39 Å². The number of carbonyl (C=O) groups is 1. The molecule has 3 aromatic rings. The van der Waals surface area contributed by atoms with Crippen molar-refractivity contribution in [3.8, 4) is 11.3 Å². The Morgan fingerprint density at radius 3 is 2.58 bits per heavy atom. The van der Waals surface area contributed by atoms with Gasteiger partial charge in [0.05, 0.1) is 35.3 Å². The number of fused-ring (bicyclic) bond motifs is 1. The topological polar surface area (TPSA) is 135 Å². The molecule has 2 aromatic carbocycles. The molecule has 1 amide bonds. The molecule has 0 aliphatic carbocycles. The standard InChI is InChI=1S/C21H22FN5O3S/c22-15-3-1-2-14(10-15)17(8-9-23)21(28)27-11-18-19(12-27)25-26-20(18)13-4-6-16(7-5-13)31(24,29)30/h1-7,10,17H,8-9,11-12,23H2,(H,25,26)(H2,24,29,30). The van der Waals surface area contributed by atoms with Crippen LogP contribution >= 0.6 is 0 Å². The van der Waals surface area contributed by atoms with Crippen LogP contribution in [0.25, 0.3) is 11.3 Å². The fourth-order valence-corrected chi connectivity index (χ4v) is 4.40. The van der Waals surface area contributed by atoms with Gasteiger partial charge in [0.25, 0.3) is 0 Å². The molecule has 4 rings (SSSR count). The molecule has 1 aliphatic rings. The number of aromatic amines is 1. The van der Waals surface area contributed by atoms with E-state index in [0.717, 1.165) is 11.3 Å². The highest BCUT2D eigenvalue weighted by atomic mass is 32.2. The van der Waals surface area contributed by atoms with E-state index in [1.54, 1.807) is 29.2 Å². The number of H-pyrrole nitrogens is 1. The summed E-state index contributed by atoms with van der Waals surface area (Å²) in [6, 6.07) is 12.1. The van der Waals surface area contributed by atoms with Gasteiger partial charge in [0.1, 0.15) is 5.82 Å². The molecule has 2 heterocycles. The summed E-state index contributed by atoms with van der Waals surface area (Å²) < 4.78 is 36.6. The number of amides is 1. The minimum atomic E-state index is -3.78. The molecular weight excluding hydrogens is 421 g/mol. The largest absolute Gasteiger partial charge is 0.332 e. The first-order chi connectivity index (χ1) is 14.8. The van der Waals surface area contributed by atoms with E-state index in [4.69, 9.17) is 10.9 Å². The molecule has 0 bridgehead atoms. The molecule has 8 nitrogen and oxygen atoms in total. The molecule has 1 aromatic heterocycles. The fraction of sp³-hybridized carbons (Fsp3) is 0.238. The zero-order valence-corrected chi connectivity index (χ0v) is 17.4. The number of nitrogens with one attached hydrogen (secondary N) is 1. The van der Waals surface area contributed by atoms with Gasteiger partial charge < -0.3 is 10.6 Å². The molecule has 10 heteroatoms. The Balaban J connectivity index is 1.57. The molecule has 1 aliphatic heterocycles. The van der Waals surface area contributed by atoms with Gasteiger partial charge in [-0.15, -0.1) is 0 Å². The second-order valence-corrected chi connectivity index (χ2v) is 9.04. The van der Waals surface area contributed by atoms with Gasteiger partial charge in [-0.25, -0.2) is 17.9 Å². The summed E-state index contributed by atoms with van der Waals surface area (Å²) in [4.78, 5) is 15.0. The number of nitrogens with two attached hydrogens (primary N) is 2. The molecule has 31 heavy (non-hydrogen) atoms. The Morgan fingerprint density at radius 1 is 1.19 bits per heavy atom. The van der Waals surface area contributed by atoms with E-state index in [9.17, 15) is 17.6 Å². The number of carbonyl (C=O) groups excluding carboxylic acids is 1. The van der Waals surface area contributed by atoms with E-state index in [2.05, 4.69) is 10.2 Å². The van der Waals surface area contributed by atoms with E-state index in [0.29, 0.717) is 42.9 Å². The second kappa shape index (κ2) is 8.22. The Kier molecular flexibility index (Phi) is 5.61. The van der Waals surface area contributed by atoms with Crippen molar-refractivity contribution in [3.05, 3.63) is 71.2 Å².